The molecule has 1 aliphatic rings. The Morgan fingerprint density at radius 1 is 1.40 bits per heavy atom. The van der Waals surface area contributed by atoms with E-state index in [4.69, 9.17) is 0 Å². The topological polar surface area (TPSA) is 0 Å². The van der Waals surface area contributed by atoms with Crippen LogP contribution in [0, 0.1) is 5.92 Å². The van der Waals surface area contributed by atoms with E-state index in [9.17, 15) is 0 Å². The van der Waals surface area contributed by atoms with Gasteiger partial charge in [0, 0.05) is 9.75 Å². The van der Waals surface area contributed by atoms with Gasteiger partial charge in [-0.05, 0) is 42.2 Å². The van der Waals surface area contributed by atoms with E-state index >= 15 is 0 Å². The van der Waals surface area contributed by atoms with Gasteiger partial charge >= 0.3 is 0 Å². The van der Waals surface area contributed by atoms with Gasteiger partial charge in [-0.3, -0.25) is 0 Å². The van der Waals surface area contributed by atoms with Gasteiger partial charge in [0.2, 0.25) is 0 Å². The molecule has 0 saturated heterocycles. The highest BCUT2D eigenvalue weighted by molar-refractivity contribution is 7.12. The molecule has 1 aromatic rings. The number of thiophene rings is 1. The van der Waals surface area contributed by atoms with Gasteiger partial charge in [-0.25, -0.2) is 0 Å². The average Bonchev–Trinajstić information content (AvgIpc) is 2.59. The number of hydrogen-bond acceptors (Lipinski definition) is 1. The molecule has 0 bridgehead atoms. The van der Waals surface area contributed by atoms with Gasteiger partial charge in [0.05, 0.1) is 0 Å². The lowest BCUT2D eigenvalue weighted by Crippen LogP contribution is -2.11. The van der Waals surface area contributed by atoms with Crippen molar-refractivity contribution in [2.24, 2.45) is 5.92 Å². The molecule has 0 spiro atoms. The molecule has 1 atom stereocenters. The molecule has 1 heterocycles. The first-order valence-corrected chi connectivity index (χ1v) is 6.94. The van der Waals surface area contributed by atoms with Crippen molar-refractivity contribution in [3.8, 4) is 0 Å². The third kappa shape index (κ3) is 2.28. The summed E-state index contributed by atoms with van der Waals surface area (Å²) in [5.74, 6) is 0.944. The second-order valence-electron chi connectivity index (χ2n) is 5.83. The molecular weight excluding hydrogens is 200 g/mol. The van der Waals surface area contributed by atoms with Crippen molar-refractivity contribution in [3.63, 3.8) is 0 Å². The van der Waals surface area contributed by atoms with Crippen molar-refractivity contribution in [3.05, 3.63) is 21.4 Å². The van der Waals surface area contributed by atoms with Gasteiger partial charge in [-0.2, -0.15) is 0 Å². The molecule has 15 heavy (non-hydrogen) atoms. The maximum Gasteiger partial charge on any atom is 0.0105 e. The molecule has 1 aromatic heterocycles. The number of hydrogen-bond donors (Lipinski definition) is 0. The molecule has 0 fully saturated rings. The molecule has 1 aliphatic carbocycles. The van der Waals surface area contributed by atoms with E-state index in [0.29, 0.717) is 5.41 Å². The monoisotopic (exact) mass is 222 g/mol. The molecule has 0 amide bonds. The SMILES string of the molecule is CCC1CCc2sc(C(C)(C)C)cc2C1. The van der Waals surface area contributed by atoms with Crippen molar-refractivity contribution in [1.29, 1.82) is 0 Å². The zero-order chi connectivity index (χ0) is 11.1. The fourth-order valence-electron chi connectivity index (χ4n) is 2.32. The summed E-state index contributed by atoms with van der Waals surface area (Å²) in [6.45, 7) is 9.29. The van der Waals surface area contributed by atoms with Crippen molar-refractivity contribution < 1.29 is 0 Å². The molecule has 0 nitrogen and oxygen atoms in total. The van der Waals surface area contributed by atoms with Gasteiger partial charge in [0.1, 0.15) is 0 Å². The maximum atomic E-state index is 2.47. The first kappa shape index (κ1) is 11.2. The van der Waals surface area contributed by atoms with Crippen LogP contribution in [0.15, 0.2) is 6.07 Å². The predicted molar refractivity (Wildman–Crippen MR) is 68.8 cm³/mol. The van der Waals surface area contributed by atoms with E-state index < -0.39 is 0 Å². The highest BCUT2D eigenvalue weighted by Crippen LogP contribution is 2.38. The quantitative estimate of drug-likeness (QED) is 0.653. The molecule has 0 aliphatic heterocycles. The first-order chi connectivity index (χ1) is 7.00. The minimum absolute atomic E-state index is 0.337. The van der Waals surface area contributed by atoms with E-state index in [2.05, 4.69) is 45.1 Å². The van der Waals surface area contributed by atoms with Crippen molar-refractivity contribution in [2.45, 2.75) is 58.8 Å². The number of rotatable bonds is 1. The van der Waals surface area contributed by atoms with E-state index in [0.717, 1.165) is 5.92 Å². The van der Waals surface area contributed by atoms with Crippen molar-refractivity contribution in [2.75, 3.05) is 0 Å². The Morgan fingerprint density at radius 2 is 2.13 bits per heavy atom. The Hall–Kier alpha value is -0.300. The molecule has 0 radical (unpaired) electrons. The number of aryl methyl sites for hydroxylation is 1. The summed E-state index contributed by atoms with van der Waals surface area (Å²) in [4.78, 5) is 3.24. The summed E-state index contributed by atoms with van der Waals surface area (Å²) in [6.07, 6.45) is 5.42. The van der Waals surface area contributed by atoms with Crippen LogP contribution in [-0.2, 0) is 18.3 Å². The Morgan fingerprint density at radius 3 is 2.73 bits per heavy atom. The van der Waals surface area contributed by atoms with Gasteiger partial charge in [-0.1, -0.05) is 34.1 Å². The molecule has 2 rings (SSSR count). The minimum Gasteiger partial charge on any atom is -0.145 e. The van der Waals surface area contributed by atoms with Crippen LogP contribution in [0.5, 0.6) is 0 Å². The largest absolute Gasteiger partial charge is 0.145 e. The highest BCUT2D eigenvalue weighted by atomic mass is 32.1. The Labute approximate surface area is 97.7 Å². The van der Waals surface area contributed by atoms with Crippen LogP contribution in [0.3, 0.4) is 0 Å². The van der Waals surface area contributed by atoms with E-state index in [1.807, 2.05) is 0 Å². The molecule has 84 valence electrons. The second kappa shape index (κ2) is 3.93. The third-order valence-electron chi connectivity index (χ3n) is 3.50. The Balaban J connectivity index is 2.26. The summed E-state index contributed by atoms with van der Waals surface area (Å²) < 4.78 is 0. The minimum atomic E-state index is 0.337. The van der Waals surface area contributed by atoms with Gasteiger partial charge in [-0.15, -0.1) is 11.3 Å². The van der Waals surface area contributed by atoms with Crippen molar-refractivity contribution in [1.82, 2.24) is 0 Å². The molecule has 0 N–H and O–H groups in total. The average molecular weight is 222 g/mol. The van der Waals surface area contributed by atoms with E-state index in [1.165, 1.54) is 25.7 Å². The molecule has 0 aromatic carbocycles. The zero-order valence-corrected chi connectivity index (χ0v) is 11.2. The standard InChI is InChI=1S/C14H22S/c1-5-10-6-7-12-11(8-10)9-13(15-12)14(2,3)4/h9-10H,5-8H2,1-4H3. The van der Waals surface area contributed by atoms with E-state index in [1.54, 1.807) is 15.3 Å². The summed E-state index contributed by atoms with van der Waals surface area (Å²) in [5.41, 5.74) is 1.99. The van der Waals surface area contributed by atoms with Crippen LogP contribution in [0.1, 0.15) is 55.9 Å². The maximum absolute atomic E-state index is 2.47. The molecule has 1 heteroatoms. The summed E-state index contributed by atoms with van der Waals surface area (Å²) in [7, 11) is 0. The molecular formula is C14H22S. The van der Waals surface area contributed by atoms with Crippen LogP contribution in [0.2, 0.25) is 0 Å². The lowest BCUT2D eigenvalue weighted by atomic mass is 9.85. The first-order valence-electron chi connectivity index (χ1n) is 6.12. The molecule has 1 unspecified atom stereocenters. The Kier molecular flexibility index (Phi) is 2.94. The van der Waals surface area contributed by atoms with Gasteiger partial charge < -0.3 is 0 Å². The van der Waals surface area contributed by atoms with Crippen LogP contribution >= 0.6 is 11.3 Å². The van der Waals surface area contributed by atoms with Gasteiger partial charge in [0.25, 0.3) is 0 Å². The van der Waals surface area contributed by atoms with Gasteiger partial charge in [0.15, 0.2) is 0 Å². The second-order valence-corrected chi connectivity index (χ2v) is 6.96. The summed E-state index contributed by atoms with van der Waals surface area (Å²) in [6, 6.07) is 2.47. The summed E-state index contributed by atoms with van der Waals surface area (Å²) in [5, 5.41) is 0. The van der Waals surface area contributed by atoms with Crippen LogP contribution < -0.4 is 0 Å². The van der Waals surface area contributed by atoms with E-state index in [-0.39, 0.29) is 0 Å². The summed E-state index contributed by atoms with van der Waals surface area (Å²) >= 11 is 2.05. The fraction of sp³-hybridized carbons (Fsp3) is 0.714. The normalized spacial score (nSPS) is 21.5. The van der Waals surface area contributed by atoms with Crippen LogP contribution in [0.25, 0.3) is 0 Å². The lowest BCUT2D eigenvalue weighted by Gasteiger charge is -2.20. The lowest BCUT2D eigenvalue weighted by molar-refractivity contribution is 0.449. The van der Waals surface area contributed by atoms with Crippen LogP contribution in [-0.4, -0.2) is 0 Å². The number of fused-ring (bicyclic) bond motifs is 1. The van der Waals surface area contributed by atoms with Crippen molar-refractivity contribution >= 4 is 11.3 Å². The fourth-order valence-corrected chi connectivity index (χ4v) is 3.58. The smallest absolute Gasteiger partial charge is 0.0105 e. The highest BCUT2D eigenvalue weighted by Gasteiger charge is 2.23. The third-order valence-corrected chi connectivity index (χ3v) is 5.16. The van der Waals surface area contributed by atoms with Crippen LogP contribution in [0.4, 0.5) is 0 Å². The zero-order valence-electron chi connectivity index (χ0n) is 10.4. The predicted octanol–water partition coefficient (Wildman–Crippen LogP) is 4.56. The molecule has 0 saturated carbocycles. The Bertz CT molecular complexity index is 341.